The Morgan fingerprint density at radius 1 is 1.30 bits per heavy atom. The van der Waals surface area contributed by atoms with Crippen LogP contribution in [-0.4, -0.2) is 30.1 Å². The molecular weight excluding hydrogens is 250 g/mol. The van der Waals surface area contributed by atoms with E-state index in [1.165, 1.54) is 11.1 Å². The number of nitrogens with zero attached hydrogens (tertiary/aromatic N) is 1. The molecule has 1 aromatic rings. The highest BCUT2D eigenvalue weighted by atomic mass is 16.5. The van der Waals surface area contributed by atoms with Crippen LogP contribution >= 0.6 is 0 Å². The largest absolute Gasteiger partial charge is 0.465 e. The monoisotopic (exact) mass is 275 g/mol. The van der Waals surface area contributed by atoms with Gasteiger partial charge in [0.2, 0.25) is 0 Å². The summed E-state index contributed by atoms with van der Waals surface area (Å²) in [6.07, 6.45) is 4.09. The first kappa shape index (κ1) is 15.0. The van der Waals surface area contributed by atoms with E-state index in [4.69, 9.17) is 4.74 Å². The Morgan fingerprint density at radius 3 is 2.75 bits per heavy atom. The van der Waals surface area contributed by atoms with Crippen molar-refractivity contribution >= 4 is 5.97 Å². The van der Waals surface area contributed by atoms with E-state index >= 15 is 0 Å². The van der Waals surface area contributed by atoms with E-state index in [0.29, 0.717) is 6.61 Å². The van der Waals surface area contributed by atoms with Crippen LogP contribution in [-0.2, 0) is 22.5 Å². The molecule has 0 saturated carbocycles. The van der Waals surface area contributed by atoms with Gasteiger partial charge in [0.05, 0.1) is 6.61 Å². The maximum absolute atomic E-state index is 12.2. The summed E-state index contributed by atoms with van der Waals surface area (Å²) in [5, 5.41) is 0. The highest BCUT2D eigenvalue weighted by Gasteiger charge is 2.28. The van der Waals surface area contributed by atoms with Crippen LogP contribution in [0.25, 0.3) is 0 Å². The fourth-order valence-electron chi connectivity index (χ4n) is 2.95. The molecule has 0 saturated heterocycles. The van der Waals surface area contributed by atoms with Crippen LogP contribution in [0.3, 0.4) is 0 Å². The van der Waals surface area contributed by atoms with Gasteiger partial charge in [-0.2, -0.15) is 0 Å². The molecule has 20 heavy (non-hydrogen) atoms. The normalized spacial score (nSPS) is 17.1. The number of aryl methyl sites for hydroxylation is 1. The molecule has 110 valence electrons. The number of esters is 1. The van der Waals surface area contributed by atoms with Crippen molar-refractivity contribution in [3.8, 4) is 0 Å². The molecular formula is C17H25NO2. The molecule has 3 heteroatoms. The highest BCUT2D eigenvalue weighted by Crippen LogP contribution is 2.22. The maximum atomic E-state index is 12.2. The van der Waals surface area contributed by atoms with Crippen molar-refractivity contribution in [3.05, 3.63) is 35.4 Å². The third-order valence-electron chi connectivity index (χ3n) is 3.94. The Kier molecular flexibility index (Phi) is 5.60. The number of carbonyl (C=O) groups is 1. The van der Waals surface area contributed by atoms with Gasteiger partial charge >= 0.3 is 5.97 Å². The number of carbonyl (C=O) groups excluding carboxylic acids is 1. The van der Waals surface area contributed by atoms with Crippen LogP contribution in [0.1, 0.15) is 44.2 Å². The fraction of sp³-hybridized carbons (Fsp3) is 0.588. The van der Waals surface area contributed by atoms with E-state index in [1.54, 1.807) is 0 Å². The molecule has 1 unspecified atom stereocenters. The summed E-state index contributed by atoms with van der Waals surface area (Å²) in [6.45, 7) is 6.29. The number of ether oxygens (including phenoxy) is 1. The Morgan fingerprint density at radius 2 is 2.05 bits per heavy atom. The van der Waals surface area contributed by atoms with Crippen LogP contribution in [0.4, 0.5) is 0 Å². The van der Waals surface area contributed by atoms with Crippen LogP contribution in [0, 0.1) is 0 Å². The second-order valence-electron chi connectivity index (χ2n) is 5.40. The van der Waals surface area contributed by atoms with Crippen LogP contribution in [0.5, 0.6) is 0 Å². The zero-order chi connectivity index (χ0) is 14.4. The molecule has 0 amide bonds. The van der Waals surface area contributed by atoms with Crippen LogP contribution < -0.4 is 0 Å². The molecule has 0 fully saturated rings. The summed E-state index contributed by atoms with van der Waals surface area (Å²) in [5.74, 6) is -0.0614. The summed E-state index contributed by atoms with van der Waals surface area (Å²) in [5.41, 5.74) is 2.78. The first-order valence-electron chi connectivity index (χ1n) is 7.73. The minimum atomic E-state index is -0.0916. The van der Waals surface area contributed by atoms with Gasteiger partial charge in [-0.3, -0.25) is 9.69 Å². The predicted octanol–water partition coefficient (Wildman–Crippen LogP) is 3.17. The van der Waals surface area contributed by atoms with Crippen molar-refractivity contribution in [1.29, 1.82) is 0 Å². The lowest BCUT2D eigenvalue weighted by molar-refractivity contribution is -0.150. The summed E-state index contributed by atoms with van der Waals surface area (Å²) >= 11 is 0. The quantitative estimate of drug-likeness (QED) is 0.773. The molecule has 1 aromatic carbocycles. The lowest BCUT2D eigenvalue weighted by Gasteiger charge is -2.28. The van der Waals surface area contributed by atoms with Crippen molar-refractivity contribution < 1.29 is 9.53 Å². The number of rotatable bonds is 5. The zero-order valence-electron chi connectivity index (χ0n) is 12.6. The Balaban J connectivity index is 2.15. The van der Waals surface area contributed by atoms with Gasteiger partial charge in [-0.25, -0.2) is 0 Å². The maximum Gasteiger partial charge on any atom is 0.323 e. The van der Waals surface area contributed by atoms with Gasteiger partial charge in [0.1, 0.15) is 6.04 Å². The van der Waals surface area contributed by atoms with E-state index in [1.807, 2.05) is 6.92 Å². The van der Waals surface area contributed by atoms with Gasteiger partial charge in [0, 0.05) is 6.54 Å². The molecule has 0 radical (unpaired) electrons. The van der Waals surface area contributed by atoms with Gasteiger partial charge in [-0.1, -0.05) is 37.6 Å². The second-order valence-corrected chi connectivity index (χ2v) is 5.40. The lowest BCUT2D eigenvalue weighted by atomic mass is 10.0. The predicted molar refractivity (Wildman–Crippen MR) is 80.5 cm³/mol. The first-order valence-corrected chi connectivity index (χ1v) is 7.73. The van der Waals surface area contributed by atoms with E-state index in [-0.39, 0.29) is 12.0 Å². The van der Waals surface area contributed by atoms with E-state index in [9.17, 15) is 4.79 Å². The Hall–Kier alpha value is -1.35. The average Bonchev–Trinajstić information content (AvgIpc) is 2.66. The third kappa shape index (κ3) is 3.60. The van der Waals surface area contributed by atoms with Crippen molar-refractivity contribution in [1.82, 2.24) is 4.90 Å². The van der Waals surface area contributed by atoms with Crippen LogP contribution in [0.2, 0.25) is 0 Å². The molecule has 0 aliphatic carbocycles. The second kappa shape index (κ2) is 7.44. The standard InChI is InChI=1S/C17H25NO2/c1-3-8-16(17(19)20-4-2)18-12-7-11-14-9-5-6-10-15(14)13-18/h5-6,9-10,16H,3-4,7-8,11-13H2,1-2H3. The summed E-state index contributed by atoms with van der Waals surface area (Å²) in [7, 11) is 0. The molecule has 1 aliphatic rings. The van der Waals surface area contributed by atoms with E-state index < -0.39 is 0 Å². The molecule has 3 nitrogen and oxygen atoms in total. The van der Waals surface area contributed by atoms with Crippen molar-refractivity contribution in [2.75, 3.05) is 13.2 Å². The topological polar surface area (TPSA) is 29.5 Å². The van der Waals surface area contributed by atoms with Crippen LogP contribution in [0.15, 0.2) is 24.3 Å². The molecule has 0 spiro atoms. The molecule has 2 rings (SSSR count). The van der Waals surface area contributed by atoms with Gasteiger partial charge in [0.25, 0.3) is 0 Å². The molecule has 1 heterocycles. The van der Waals surface area contributed by atoms with Gasteiger partial charge in [-0.05, 0) is 43.9 Å². The van der Waals surface area contributed by atoms with Gasteiger partial charge < -0.3 is 4.74 Å². The smallest absolute Gasteiger partial charge is 0.323 e. The molecule has 0 N–H and O–H groups in total. The van der Waals surface area contributed by atoms with Gasteiger partial charge in [-0.15, -0.1) is 0 Å². The van der Waals surface area contributed by atoms with Crippen molar-refractivity contribution in [2.24, 2.45) is 0 Å². The Bertz CT molecular complexity index is 444. The summed E-state index contributed by atoms with van der Waals surface area (Å²) < 4.78 is 5.26. The molecule has 0 bridgehead atoms. The number of hydrogen-bond donors (Lipinski definition) is 0. The summed E-state index contributed by atoms with van der Waals surface area (Å²) in [6, 6.07) is 8.48. The first-order chi connectivity index (χ1) is 9.76. The average molecular weight is 275 g/mol. The molecule has 0 aromatic heterocycles. The minimum absolute atomic E-state index is 0.0614. The van der Waals surface area contributed by atoms with Crippen molar-refractivity contribution in [2.45, 2.75) is 52.1 Å². The highest BCUT2D eigenvalue weighted by molar-refractivity contribution is 5.75. The number of benzene rings is 1. The summed E-state index contributed by atoms with van der Waals surface area (Å²) in [4.78, 5) is 14.5. The lowest BCUT2D eigenvalue weighted by Crippen LogP contribution is -2.41. The molecule has 1 aliphatic heterocycles. The Labute approximate surface area is 121 Å². The zero-order valence-corrected chi connectivity index (χ0v) is 12.6. The van der Waals surface area contributed by atoms with E-state index in [0.717, 1.165) is 38.8 Å². The third-order valence-corrected chi connectivity index (χ3v) is 3.94. The SMILES string of the molecule is CCCC(C(=O)OCC)N1CCCc2ccccc2C1. The number of fused-ring (bicyclic) bond motifs is 1. The number of hydrogen-bond acceptors (Lipinski definition) is 3. The minimum Gasteiger partial charge on any atom is -0.465 e. The molecule has 1 atom stereocenters. The van der Waals surface area contributed by atoms with Gasteiger partial charge in [0.15, 0.2) is 0 Å². The van der Waals surface area contributed by atoms with E-state index in [2.05, 4.69) is 36.1 Å². The van der Waals surface area contributed by atoms with Crippen molar-refractivity contribution in [3.63, 3.8) is 0 Å². The fourth-order valence-corrected chi connectivity index (χ4v) is 2.95.